The summed E-state index contributed by atoms with van der Waals surface area (Å²) in [6.45, 7) is 0. The van der Waals surface area contributed by atoms with Crippen molar-refractivity contribution < 1.29 is 9.53 Å². The normalized spacial score (nSPS) is 9.80. The molecule has 7 nitrogen and oxygen atoms in total. The van der Waals surface area contributed by atoms with E-state index in [1.54, 1.807) is 24.3 Å². The van der Waals surface area contributed by atoms with E-state index in [1.807, 2.05) is 6.07 Å². The van der Waals surface area contributed by atoms with Crippen LogP contribution >= 0.6 is 0 Å². The van der Waals surface area contributed by atoms with E-state index >= 15 is 0 Å². The minimum absolute atomic E-state index is 0.184. The lowest BCUT2D eigenvalue weighted by molar-refractivity contribution is -0.140. The molecule has 0 N–H and O–H groups in total. The topological polar surface area (TPSA) is 102 Å². The molecule has 0 bridgehead atoms. The van der Waals surface area contributed by atoms with E-state index in [2.05, 4.69) is 25.1 Å². The van der Waals surface area contributed by atoms with Crippen molar-refractivity contribution in [2.45, 2.75) is 12.8 Å². The van der Waals surface area contributed by atoms with Gasteiger partial charge >= 0.3 is 5.97 Å². The number of hydrogen-bond acceptors (Lipinski definition) is 7. The monoisotopic (exact) mass is 269 g/mol. The molecule has 0 amide bonds. The summed E-state index contributed by atoms with van der Waals surface area (Å²) in [7, 11) is 1.32. The highest BCUT2D eigenvalue weighted by Crippen LogP contribution is 2.14. The molecule has 0 aliphatic carbocycles. The highest BCUT2D eigenvalue weighted by Gasteiger charge is 2.07. The minimum atomic E-state index is -0.334. The molecular formula is C13H11N5O2. The fourth-order valence-corrected chi connectivity index (χ4v) is 1.51. The van der Waals surface area contributed by atoms with Crippen LogP contribution in [0.3, 0.4) is 0 Å². The molecule has 0 saturated carbocycles. The van der Waals surface area contributed by atoms with E-state index in [-0.39, 0.29) is 12.4 Å². The van der Waals surface area contributed by atoms with E-state index in [1.165, 1.54) is 7.11 Å². The largest absolute Gasteiger partial charge is 0.469 e. The van der Waals surface area contributed by atoms with E-state index in [0.29, 0.717) is 29.2 Å². The second-order valence-corrected chi connectivity index (χ2v) is 3.91. The molecule has 0 aliphatic rings. The number of nitrogens with zero attached hydrogens (tertiary/aromatic N) is 5. The molecule has 1 aromatic heterocycles. The number of esters is 1. The highest BCUT2D eigenvalue weighted by molar-refractivity contribution is 5.69. The van der Waals surface area contributed by atoms with Crippen molar-refractivity contribution >= 4 is 5.97 Å². The number of carbonyl (C=O) groups is 1. The lowest BCUT2D eigenvalue weighted by Crippen LogP contribution is -2.07. The average Bonchev–Trinajstić information content (AvgIpc) is 2.53. The Morgan fingerprint density at radius 1 is 1.30 bits per heavy atom. The average molecular weight is 269 g/mol. The van der Waals surface area contributed by atoms with Gasteiger partial charge in [0, 0.05) is 12.0 Å². The van der Waals surface area contributed by atoms with Crippen LogP contribution in [0.1, 0.15) is 17.8 Å². The van der Waals surface area contributed by atoms with Crippen LogP contribution in [0.25, 0.3) is 11.4 Å². The number of rotatable bonds is 4. The van der Waals surface area contributed by atoms with Gasteiger partial charge in [0.15, 0.2) is 5.82 Å². The molecule has 2 aromatic rings. The van der Waals surface area contributed by atoms with Crippen LogP contribution in [0.4, 0.5) is 0 Å². The Labute approximate surface area is 115 Å². The van der Waals surface area contributed by atoms with Gasteiger partial charge in [-0.1, -0.05) is 12.1 Å². The van der Waals surface area contributed by atoms with Crippen LogP contribution in [0.15, 0.2) is 24.3 Å². The molecular weight excluding hydrogens is 258 g/mol. The van der Waals surface area contributed by atoms with Gasteiger partial charge in [0.2, 0.25) is 5.82 Å². The van der Waals surface area contributed by atoms with Gasteiger partial charge < -0.3 is 4.74 Å². The van der Waals surface area contributed by atoms with Crippen LogP contribution in [0.2, 0.25) is 0 Å². The number of carbonyl (C=O) groups excluding carboxylic acids is 1. The molecule has 0 saturated heterocycles. The summed E-state index contributed by atoms with van der Waals surface area (Å²) in [4.78, 5) is 11.0. The molecule has 20 heavy (non-hydrogen) atoms. The Balaban J connectivity index is 2.11. The van der Waals surface area contributed by atoms with Crippen molar-refractivity contribution in [2.75, 3.05) is 7.11 Å². The first-order chi connectivity index (χ1) is 9.72. The summed E-state index contributed by atoms with van der Waals surface area (Å²) in [5.74, 6) is 0.374. The Morgan fingerprint density at radius 3 is 2.70 bits per heavy atom. The number of hydrogen-bond donors (Lipinski definition) is 0. The summed E-state index contributed by atoms with van der Waals surface area (Å²) in [5.41, 5.74) is 1.18. The van der Waals surface area contributed by atoms with Crippen LogP contribution < -0.4 is 0 Å². The number of nitriles is 1. The summed E-state index contributed by atoms with van der Waals surface area (Å²) < 4.78 is 4.52. The van der Waals surface area contributed by atoms with Crippen molar-refractivity contribution in [1.29, 1.82) is 5.26 Å². The summed E-state index contributed by atoms with van der Waals surface area (Å²) in [6, 6.07) is 8.90. The summed E-state index contributed by atoms with van der Waals surface area (Å²) in [6.07, 6.45) is 0.508. The first-order valence-electron chi connectivity index (χ1n) is 5.86. The fourth-order valence-electron chi connectivity index (χ4n) is 1.51. The molecule has 0 unspecified atom stereocenters. The molecule has 0 aliphatic heterocycles. The molecule has 0 spiro atoms. The maximum absolute atomic E-state index is 11.0. The van der Waals surface area contributed by atoms with E-state index in [0.717, 1.165) is 0 Å². The molecule has 0 fully saturated rings. The first kappa shape index (κ1) is 13.5. The molecule has 1 aromatic carbocycles. The maximum atomic E-state index is 11.0. The van der Waals surface area contributed by atoms with Gasteiger partial charge in [-0.3, -0.25) is 4.79 Å². The van der Waals surface area contributed by atoms with Crippen LogP contribution in [-0.2, 0) is 16.0 Å². The van der Waals surface area contributed by atoms with Gasteiger partial charge in [0.1, 0.15) is 0 Å². The highest BCUT2D eigenvalue weighted by atomic mass is 16.5. The third kappa shape index (κ3) is 3.32. The maximum Gasteiger partial charge on any atom is 0.305 e. The fraction of sp³-hybridized carbons (Fsp3) is 0.231. The smallest absolute Gasteiger partial charge is 0.305 e. The number of aryl methyl sites for hydroxylation is 1. The Hall–Kier alpha value is -2.88. The molecule has 2 rings (SSSR count). The zero-order valence-electron chi connectivity index (χ0n) is 10.8. The van der Waals surface area contributed by atoms with Gasteiger partial charge in [-0.15, -0.1) is 20.4 Å². The van der Waals surface area contributed by atoms with Crippen molar-refractivity contribution in [3.05, 3.63) is 35.7 Å². The van der Waals surface area contributed by atoms with Crippen molar-refractivity contribution in [1.82, 2.24) is 20.4 Å². The van der Waals surface area contributed by atoms with Gasteiger partial charge in [0.05, 0.1) is 25.2 Å². The molecule has 1 heterocycles. The van der Waals surface area contributed by atoms with Crippen molar-refractivity contribution in [3.63, 3.8) is 0 Å². The molecule has 0 atom stereocenters. The van der Waals surface area contributed by atoms with Crippen LogP contribution in [-0.4, -0.2) is 33.5 Å². The Kier molecular flexibility index (Phi) is 4.29. The van der Waals surface area contributed by atoms with Crippen LogP contribution in [0.5, 0.6) is 0 Å². The molecule has 7 heteroatoms. The van der Waals surface area contributed by atoms with Crippen molar-refractivity contribution in [3.8, 4) is 17.5 Å². The van der Waals surface area contributed by atoms with Gasteiger partial charge in [-0.05, 0) is 12.1 Å². The predicted molar refractivity (Wildman–Crippen MR) is 68.1 cm³/mol. The lowest BCUT2D eigenvalue weighted by Gasteiger charge is -2.00. The number of aromatic nitrogens is 4. The third-order valence-corrected chi connectivity index (χ3v) is 2.55. The van der Waals surface area contributed by atoms with Gasteiger partial charge in [-0.2, -0.15) is 5.26 Å². The summed E-state index contributed by atoms with van der Waals surface area (Å²) >= 11 is 0. The third-order valence-electron chi connectivity index (χ3n) is 2.55. The number of methoxy groups -OCH3 is 1. The molecule has 0 radical (unpaired) electrons. The minimum Gasteiger partial charge on any atom is -0.469 e. The second-order valence-electron chi connectivity index (χ2n) is 3.91. The summed E-state index contributed by atoms with van der Waals surface area (Å²) in [5, 5.41) is 24.5. The lowest BCUT2D eigenvalue weighted by atomic mass is 10.1. The van der Waals surface area contributed by atoms with E-state index < -0.39 is 0 Å². The predicted octanol–water partition coefficient (Wildman–Crippen LogP) is 0.911. The van der Waals surface area contributed by atoms with Crippen molar-refractivity contribution in [2.24, 2.45) is 0 Å². The molecule has 100 valence electrons. The van der Waals surface area contributed by atoms with E-state index in [4.69, 9.17) is 5.26 Å². The SMILES string of the molecule is COC(=O)CCc1nnc(-c2cccc(C#N)c2)nn1. The van der Waals surface area contributed by atoms with Crippen LogP contribution in [0, 0.1) is 11.3 Å². The number of benzene rings is 1. The zero-order valence-corrected chi connectivity index (χ0v) is 10.8. The first-order valence-corrected chi connectivity index (χ1v) is 5.86. The Morgan fingerprint density at radius 2 is 2.05 bits per heavy atom. The van der Waals surface area contributed by atoms with Gasteiger partial charge in [-0.25, -0.2) is 0 Å². The Bertz CT molecular complexity index is 649. The standard InChI is InChI=1S/C13H11N5O2/c1-20-12(19)6-5-11-15-17-13(18-16-11)10-4-2-3-9(7-10)8-14/h2-4,7H,5-6H2,1H3. The van der Waals surface area contributed by atoms with Gasteiger partial charge in [0.25, 0.3) is 0 Å². The second kappa shape index (κ2) is 6.33. The quantitative estimate of drug-likeness (QED) is 0.760. The van der Waals surface area contributed by atoms with E-state index in [9.17, 15) is 4.79 Å². The number of ether oxygens (including phenoxy) is 1. The zero-order chi connectivity index (χ0) is 14.4.